The third kappa shape index (κ3) is 23.1. The number of nitrogens with two attached hydrogens (primary N) is 2. The van der Waals surface area contributed by atoms with Crippen molar-refractivity contribution in [1.82, 2.24) is 0 Å². The standard InChI is InChI=1S/C17H20O6.2C3H7NO2/c1-3-15(18)20-10-12-22-17(14-8-6-5-7-9-14)23-13-11-21-16(19)4-2;2*1-2-6-3(4)5/h3-9,17H,1-2,10-13H2;2*2H2,1H3,(H2,4,5). The van der Waals surface area contributed by atoms with Crippen LogP contribution in [-0.4, -0.2) is 63.8 Å². The third-order valence-electron chi connectivity index (χ3n) is 3.17. The maximum atomic E-state index is 10.9. The van der Waals surface area contributed by atoms with Crippen molar-refractivity contribution < 1.29 is 47.6 Å². The van der Waals surface area contributed by atoms with Gasteiger partial charge in [0, 0.05) is 17.7 Å². The molecule has 0 bridgehead atoms. The van der Waals surface area contributed by atoms with Gasteiger partial charge < -0.3 is 39.9 Å². The highest BCUT2D eigenvalue weighted by Gasteiger charge is 2.12. The second kappa shape index (κ2) is 23.3. The predicted molar refractivity (Wildman–Crippen MR) is 126 cm³/mol. The number of primary amides is 2. The molecule has 0 aliphatic heterocycles. The van der Waals surface area contributed by atoms with Gasteiger partial charge in [0.1, 0.15) is 13.2 Å². The number of carbonyl (C=O) groups is 4. The third-order valence-corrected chi connectivity index (χ3v) is 3.17. The average Bonchev–Trinajstić information content (AvgIpc) is 2.83. The van der Waals surface area contributed by atoms with Gasteiger partial charge in [0.2, 0.25) is 0 Å². The van der Waals surface area contributed by atoms with Crippen LogP contribution in [-0.2, 0) is 38.0 Å². The highest BCUT2D eigenvalue weighted by atomic mass is 16.7. The SMILES string of the molecule is C=CC(=O)OCCOC(OCCOC(=O)C=C)c1ccccc1.CCOC(N)=O.CCOC(N)=O. The summed E-state index contributed by atoms with van der Waals surface area (Å²) in [4.78, 5) is 41.1. The monoisotopic (exact) mass is 498 g/mol. The van der Waals surface area contributed by atoms with Crippen LogP contribution in [0.15, 0.2) is 55.6 Å². The van der Waals surface area contributed by atoms with Crippen LogP contribution >= 0.6 is 0 Å². The van der Waals surface area contributed by atoms with Gasteiger partial charge in [-0.05, 0) is 13.8 Å². The maximum absolute atomic E-state index is 10.9. The summed E-state index contributed by atoms with van der Waals surface area (Å²) < 4.78 is 29.1. The molecule has 0 saturated heterocycles. The molecule has 12 heteroatoms. The summed E-state index contributed by atoms with van der Waals surface area (Å²) in [6.07, 6.45) is 0.0919. The average molecular weight is 499 g/mol. The molecule has 35 heavy (non-hydrogen) atoms. The number of hydrogen-bond donors (Lipinski definition) is 2. The minimum absolute atomic E-state index is 0.0863. The fourth-order valence-electron chi connectivity index (χ4n) is 1.85. The van der Waals surface area contributed by atoms with Crippen molar-refractivity contribution in [2.75, 3.05) is 39.6 Å². The number of hydrogen-bond acceptors (Lipinski definition) is 10. The van der Waals surface area contributed by atoms with E-state index in [-0.39, 0.29) is 26.4 Å². The van der Waals surface area contributed by atoms with Crippen molar-refractivity contribution >= 4 is 24.1 Å². The van der Waals surface area contributed by atoms with E-state index < -0.39 is 30.4 Å². The fraction of sp³-hybridized carbons (Fsp3) is 0.391. The second-order valence-electron chi connectivity index (χ2n) is 5.73. The first-order valence-corrected chi connectivity index (χ1v) is 10.4. The molecule has 0 saturated carbocycles. The fourth-order valence-corrected chi connectivity index (χ4v) is 1.85. The van der Waals surface area contributed by atoms with E-state index in [4.69, 9.17) is 18.9 Å². The van der Waals surface area contributed by atoms with Crippen LogP contribution in [0.3, 0.4) is 0 Å². The molecule has 0 aliphatic carbocycles. The minimum atomic E-state index is -0.711. The Balaban J connectivity index is 0. The highest BCUT2D eigenvalue weighted by Crippen LogP contribution is 2.18. The summed E-state index contributed by atoms with van der Waals surface area (Å²) in [5, 5.41) is 0. The van der Waals surface area contributed by atoms with Crippen LogP contribution in [0.5, 0.6) is 0 Å². The van der Waals surface area contributed by atoms with Crippen molar-refractivity contribution in [3.8, 4) is 0 Å². The number of esters is 2. The quantitative estimate of drug-likeness (QED) is 0.135. The Morgan fingerprint density at radius 1 is 0.743 bits per heavy atom. The number of rotatable bonds is 13. The van der Waals surface area contributed by atoms with E-state index in [0.29, 0.717) is 13.2 Å². The van der Waals surface area contributed by atoms with Gasteiger partial charge in [-0.15, -0.1) is 0 Å². The first-order chi connectivity index (χ1) is 16.7. The van der Waals surface area contributed by atoms with Crippen LogP contribution in [0.4, 0.5) is 9.59 Å². The summed E-state index contributed by atoms with van der Waals surface area (Å²) in [6.45, 7) is 11.2. The lowest BCUT2D eigenvalue weighted by Crippen LogP contribution is -2.17. The Hall–Kier alpha value is -3.90. The lowest BCUT2D eigenvalue weighted by molar-refractivity contribution is -0.169. The van der Waals surface area contributed by atoms with Gasteiger partial charge in [-0.2, -0.15) is 0 Å². The molecular formula is C23H34N2O10. The maximum Gasteiger partial charge on any atom is 0.404 e. The van der Waals surface area contributed by atoms with E-state index in [9.17, 15) is 19.2 Å². The molecule has 0 atom stereocenters. The van der Waals surface area contributed by atoms with Gasteiger partial charge in [-0.25, -0.2) is 19.2 Å². The molecule has 196 valence electrons. The zero-order chi connectivity index (χ0) is 26.9. The van der Waals surface area contributed by atoms with Crippen LogP contribution < -0.4 is 11.5 Å². The normalized spacial score (nSPS) is 9.23. The lowest BCUT2D eigenvalue weighted by atomic mass is 10.2. The zero-order valence-electron chi connectivity index (χ0n) is 20.0. The first kappa shape index (κ1) is 33.3. The Bertz CT molecular complexity index is 712. The molecule has 1 aromatic rings. The van der Waals surface area contributed by atoms with Crippen molar-refractivity contribution in [3.05, 3.63) is 61.2 Å². The van der Waals surface area contributed by atoms with Gasteiger partial charge in [0.25, 0.3) is 0 Å². The van der Waals surface area contributed by atoms with E-state index in [0.717, 1.165) is 17.7 Å². The number of ether oxygens (including phenoxy) is 6. The van der Waals surface area contributed by atoms with Gasteiger partial charge in [-0.1, -0.05) is 43.5 Å². The van der Waals surface area contributed by atoms with Crippen LogP contribution in [0.1, 0.15) is 25.7 Å². The molecule has 0 aromatic heterocycles. The van der Waals surface area contributed by atoms with Crippen molar-refractivity contribution in [1.29, 1.82) is 0 Å². The Morgan fingerprint density at radius 3 is 1.43 bits per heavy atom. The smallest absolute Gasteiger partial charge is 0.404 e. The first-order valence-electron chi connectivity index (χ1n) is 10.4. The van der Waals surface area contributed by atoms with E-state index in [1.807, 2.05) is 30.3 Å². The Labute approximate surface area is 204 Å². The van der Waals surface area contributed by atoms with Crippen molar-refractivity contribution in [2.24, 2.45) is 11.5 Å². The van der Waals surface area contributed by atoms with E-state index in [1.54, 1.807) is 13.8 Å². The molecule has 4 N–H and O–H groups in total. The number of carbonyl (C=O) groups excluding carboxylic acids is 4. The Kier molecular flexibility index (Phi) is 22.1. The summed E-state index contributed by atoms with van der Waals surface area (Å²) in [6, 6.07) is 9.26. The summed E-state index contributed by atoms with van der Waals surface area (Å²) in [7, 11) is 0. The predicted octanol–water partition coefficient (Wildman–Crippen LogP) is 2.38. The summed E-state index contributed by atoms with van der Waals surface area (Å²) in [5.41, 5.74) is 9.89. The zero-order valence-corrected chi connectivity index (χ0v) is 20.0. The molecule has 0 fully saturated rings. The van der Waals surface area contributed by atoms with E-state index in [2.05, 4.69) is 34.1 Å². The molecule has 0 radical (unpaired) electrons. The molecule has 2 amide bonds. The van der Waals surface area contributed by atoms with Gasteiger partial charge in [0.15, 0.2) is 6.29 Å². The van der Waals surface area contributed by atoms with Crippen LogP contribution in [0, 0.1) is 0 Å². The molecule has 12 nitrogen and oxygen atoms in total. The summed E-state index contributed by atoms with van der Waals surface area (Å²) >= 11 is 0. The highest BCUT2D eigenvalue weighted by molar-refractivity contribution is 5.81. The van der Waals surface area contributed by atoms with Gasteiger partial charge in [-0.3, -0.25) is 0 Å². The second-order valence-corrected chi connectivity index (χ2v) is 5.73. The number of benzene rings is 1. The van der Waals surface area contributed by atoms with Crippen LogP contribution in [0.2, 0.25) is 0 Å². The molecule has 0 aliphatic rings. The van der Waals surface area contributed by atoms with E-state index in [1.165, 1.54) is 0 Å². The van der Waals surface area contributed by atoms with E-state index >= 15 is 0 Å². The van der Waals surface area contributed by atoms with Crippen molar-refractivity contribution in [2.45, 2.75) is 20.1 Å². The number of amides is 2. The topological polar surface area (TPSA) is 176 Å². The van der Waals surface area contributed by atoms with Gasteiger partial charge in [0.05, 0.1) is 26.4 Å². The van der Waals surface area contributed by atoms with Gasteiger partial charge >= 0.3 is 24.1 Å². The largest absolute Gasteiger partial charge is 0.460 e. The van der Waals surface area contributed by atoms with Crippen molar-refractivity contribution in [3.63, 3.8) is 0 Å². The molecular weight excluding hydrogens is 464 g/mol. The Morgan fingerprint density at radius 2 is 1.14 bits per heavy atom. The molecule has 0 unspecified atom stereocenters. The molecule has 0 heterocycles. The molecule has 0 spiro atoms. The summed E-state index contributed by atoms with van der Waals surface area (Å²) in [5.74, 6) is -1.02. The van der Waals surface area contributed by atoms with Crippen LogP contribution in [0.25, 0.3) is 0 Å². The minimum Gasteiger partial charge on any atom is -0.460 e. The molecule has 1 aromatic carbocycles. The molecule has 1 rings (SSSR count). The lowest BCUT2D eigenvalue weighted by Gasteiger charge is -2.19.